The summed E-state index contributed by atoms with van der Waals surface area (Å²) in [6.45, 7) is 10.9. The minimum absolute atomic E-state index is 0.243. The smallest absolute Gasteiger partial charge is 0.227 e. The summed E-state index contributed by atoms with van der Waals surface area (Å²) in [7, 11) is 2.08. The van der Waals surface area contributed by atoms with E-state index in [2.05, 4.69) is 26.7 Å². The molecule has 25 heavy (non-hydrogen) atoms. The predicted molar refractivity (Wildman–Crippen MR) is 98.1 cm³/mol. The van der Waals surface area contributed by atoms with Crippen molar-refractivity contribution in [3.63, 3.8) is 0 Å². The lowest BCUT2D eigenvalue weighted by molar-refractivity contribution is -0.140. The van der Waals surface area contributed by atoms with Crippen LogP contribution in [0.3, 0.4) is 0 Å². The van der Waals surface area contributed by atoms with Gasteiger partial charge in [0, 0.05) is 31.5 Å². The Labute approximate surface area is 151 Å². The third-order valence-corrected chi connectivity index (χ3v) is 5.53. The quantitative estimate of drug-likeness (QED) is 0.843. The average Bonchev–Trinajstić information content (AvgIpc) is 2.95. The van der Waals surface area contributed by atoms with Crippen molar-refractivity contribution in [3.05, 3.63) is 11.6 Å². The van der Waals surface area contributed by atoms with E-state index in [4.69, 9.17) is 0 Å². The van der Waals surface area contributed by atoms with E-state index in [1.165, 1.54) is 32.4 Å². The highest BCUT2D eigenvalue weighted by molar-refractivity contribution is 5.81. The van der Waals surface area contributed by atoms with Gasteiger partial charge in [0.2, 0.25) is 5.91 Å². The predicted octanol–water partition coefficient (Wildman–Crippen LogP) is 2.55. The van der Waals surface area contributed by atoms with E-state index in [-0.39, 0.29) is 11.3 Å². The first-order valence-corrected chi connectivity index (χ1v) is 9.76. The fraction of sp³-hybridized carbons (Fsp3) is 0.842. The van der Waals surface area contributed by atoms with Crippen LogP contribution in [0.25, 0.3) is 0 Å². The summed E-state index contributed by atoms with van der Waals surface area (Å²) in [5, 5.41) is 8.98. The van der Waals surface area contributed by atoms with E-state index in [9.17, 15) is 4.79 Å². The molecular formula is C19H33N5O. The van der Waals surface area contributed by atoms with Crippen molar-refractivity contribution in [2.75, 3.05) is 26.2 Å². The molecular weight excluding hydrogens is 314 g/mol. The number of hydrogen-bond acceptors (Lipinski definition) is 4. The molecule has 1 aromatic heterocycles. The molecule has 6 nitrogen and oxygen atoms in total. The van der Waals surface area contributed by atoms with E-state index in [1.54, 1.807) is 0 Å². The van der Waals surface area contributed by atoms with Crippen LogP contribution in [0.4, 0.5) is 0 Å². The standard InChI is InChI=1S/C19H33N5O/c1-19(2,3)18(25)24-12-8-9-15(13-24)17-21-20-16(22(17)4)14-23-10-6-5-7-11-23/h15H,5-14H2,1-4H3. The third kappa shape index (κ3) is 4.22. The van der Waals surface area contributed by atoms with Crippen molar-refractivity contribution in [2.24, 2.45) is 12.5 Å². The Morgan fingerprint density at radius 1 is 1.08 bits per heavy atom. The van der Waals surface area contributed by atoms with Crippen molar-refractivity contribution in [2.45, 2.75) is 65.3 Å². The van der Waals surface area contributed by atoms with E-state index in [1.807, 2.05) is 25.7 Å². The Bertz CT molecular complexity index is 597. The first-order valence-electron chi connectivity index (χ1n) is 9.76. The molecule has 0 aromatic carbocycles. The van der Waals surface area contributed by atoms with Crippen LogP contribution >= 0.6 is 0 Å². The van der Waals surface area contributed by atoms with Gasteiger partial charge in [-0.3, -0.25) is 9.69 Å². The SMILES string of the molecule is Cn1c(CN2CCCCC2)nnc1C1CCCN(C(=O)C(C)(C)C)C1. The van der Waals surface area contributed by atoms with E-state index < -0.39 is 0 Å². The Hall–Kier alpha value is -1.43. The largest absolute Gasteiger partial charge is 0.342 e. The number of carbonyl (C=O) groups is 1. The summed E-state index contributed by atoms with van der Waals surface area (Å²) in [4.78, 5) is 17.1. The van der Waals surface area contributed by atoms with Crippen LogP contribution in [-0.4, -0.2) is 56.7 Å². The minimum atomic E-state index is -0.318. The Morgan fingerprint density at radius 2 is 1.80 bits per heavy atom. The highest BCUT2D eigenvalue weighted by Gasteiger charge is 2.33. The summed E-state index contributed by atoms with van der Waals surface area (Å²) in [5.74, 6) is 2.63. The molecule has 0 radical (unpaired) electrons. The molecule has 6 heteroatoms. The molecule has 0 bridgehead atoms. The van der Waals surface area contributed by atoms with Crippen molar-refractivity contribution in [3.8, 4) is 0 Å². The van der Waals surface area contributed by atoms with Gasteiger partial charge in [-0.1, -0.05) is 27.2 Å². The van der Waals surface area contributed by atoms with Crippen molar-refractivity contribution >= 4 is 5.91 Å². The van der Waals surface area contributed by atoms with Crippen LogP contribution in [0, 0.1) is 5.41 Å². The molecule has 2 aliphatic rings. The van der Waals surface area contributed by atoms with Gasteiger partial charge in [-0.15, -0.1) is 10.2 Å². The molecule has 1 aromatic rings. The van der Waals surface area contributed by atoms with Crippen LogP contribution in [0.5, 0.6) is 0 Å². The van der Waals surface area contributed by atoms with Crippen molar-refractivity contribution in [1.29, 1.82) is 0 Å². The van der Waals surface area contributed by atoms with Gasteiger partial charge in [0.05, 0.1) is 6.54 Å². The second-order valence-electron chi connectivity index (χ2n) is 8.71. The summed E-state index contributed by atoms with van der Waals surface area (Å²) in [5.41, 5.74) is -0.318. The second-order valence-corrected chi connectivity index (χ2v) is 8.71. The fourth-order valence-electron chi connectivity index (χ4n) is 4.03. The molecule has 2 saturated heterocycles. The van der Waals surface area contributed by atoms with Crippen LogP contribution in [0.2, 0.25) is 0 Å². The molecule has 0 spiro atoms. The van der Waals surface area contributed by atoms with Crippen LogP contribution in [0.1, 0.15) is 70.4 Å². The summed E-state index contributed by atoms with van der Waals surface area (Å²) in [6, 6.07) is 0. The molecule has 0 N–H and O–H groups in total. The Morgan fingerprint density at radius 3 is 2.48 bits per heavy atom. The average molecular weight is 348 g/mol. The molecule has 1 atom stereocenters. The number of amides is 1. The topological polar surface area (TPSA) is 54.3 Å². The maximum atomic E-state index is 12.6. The van der Waals surface area contributed by atoms with Gasteiger partial charge in [0.25, 0.3) is 0 Å². The Kier molecular flexibility index (Phi) is 5.46. The van der Waals surface area contributed by atoms with Crippen LogP contribution in [0.15, 0.2) is 0 Å². The van der Waals surface area contributed by atoms with E-state index >= 15 is 0 Å². The normalized spacial score (nSPS) is 23.0. The molecule has 0 saturated carbocycles. The summed E-state index contributed by atoms with van der Waals surface area (Å²) < 4.78 is 2.17. The highest BCUT2D eigenvalue weighted by atomic mass is 16.2. The molecule has 1 unspecified atom stereocenters. The van der Waals surface area contributed by atoms with Gasteiger partial charge in [-0.05, 0) is 38.8 Å². The zero-order valence-corrected chi connectivity index (χ0v) is 16.3. The first kappa shape index (κ1) is 18.4. The minimum Gasteiger partial charge on any atom is -0.342 e. The van der Waals surface area contributed by atoms with Gasteiger partial charge < -0.3 is 9.47 Å². The van der Waals surface area contributed by atoms with Gasteiger partial charge in [-0.2, -0.15) is 0 Å². The highest BCUT2D eigenvalue weighted by Crippen LogP contribution is 2.29. The zero-order valence-electron chi connectivity index (χ0n) is 16.3. The molecule has 3 rings (SSSR count). The maximum Gasteiger partial charge on any atom is 0.227 e. The second kappa shape index (κ2) is 7.44. The third-order valence-electron chi connectivity index (χ3n) is 5.53. The summed E-state index contributed by atoms with van der Waals surface area (Å²) >= 11 is 0. The molecule has 3 heterocycles. The lowest BCUT2D eigenvalue weighted by Crippen LogP contribution is -2.45. The monoisotopic (exact) mass is 347 g/mol. The van der Waals surface area contributed by atoms with Gasteiger partial charge in [0.15, 0.2) is 0 Å². The fourth-order valence-corrected chi connectivity index (χ4v) is 4.03. The van der Waals surface area contributed by atoms with E-state index in [0.717, 1.165) is 44.1 Å². The maximum absolute atomic E-state index is 12.6. The number of likely N-dealkylation sites (tertiary alicyclic amines) is 2. The number of hydrogen-bond donors (Lipinski definition) is 0. The zero-order chi connectivity index (χ0) is 18.0. The molecule has 1 amide bonds. The first-order chi connectivity index (χ1) is 11.9. The van der Waals surface area contributed by atoms with Crippen LogP contribution in [-0.2, 0) is 18.4 Å². The number of aromatic nitrogens is 3. The number of piperidine rings is 2. The number of carbonyl (C=O) groups excluding carboxylic acids is 1. The lowest BCUT2D eigenvalue weighted by atomic mass is 9.91. The molecule has 0 aliphatic carbocycles. The van der Waals surface area contributed by atoms with Crippen molar-refractivity contribution < 1.29 is 4.79 Å². The molecule has 2 fully saturated rings. The molecule has 140 valence electrons. The summed E-state index contributed by atoms with van der Waals surface area (Å²) in [6.07, 6.45) is 6.05. The van der Waals surface area contributed by atoms with Gasteiger partial charge in [-0.25, -0.2) is 0 Å². The van der Waals surface area contributed by atoms with Crippen molar-refractivity contribution in [1.82, 2.24) is 24.6 Å². The molecule has 2 aliphatic heterocycles. The van der Waals surface area contributed by atoms with Crippen LogP contribution < -0.4 is 0 Å². The van der Waals surface area contributed by atoms with Gasteiger partial charge in [0.1, 0.15) is 11.6 Å². The number of nitrogens with zero attached hydrogens (tertiary/aromatic N) is 5. The van der Waals surface area contributed by atoms with E-state index in [0.29, 0.717) is 5.92 Å². The Balaban J connectivity index is 1.68. The number of rotatable bonds is 3. The van der Waals surface area contributed by atoms with Gasteiger partial charge >= 0.3 is 0 Å². The lowest BCUT2D eigenvalue weighted by Gasteiger charge is -2.36.